The van der Waals surface area contributed by atoms with Crippen LogP contribution in [-0.4, -0.2) is 0 Å². The second-order valence-electron chi connectivity index (χ2n) is 4.21. The minimum absolute atomic E-state index is 1.11. The largest absolute Gasteiger partial charge is 0.0917 e. The van der Waals surface area contributed by atoms with Crippen LogP contribution in [-0.2, 0) is 0 Å². The van der Waals surface area contributed by atoms with E-state index < -0.39 is 0 Å². The Morgan fingerprint density at radius 2 is 1.24 bits per heavy atom. The lowest BCUT2D eigenvalue weighted by Crippen LogP contribution is -1.76. The van der Waals surface area contributed by atoms with Gasteiger partial charge in [0, 0.05) is 0 Å². The molecule has 96 valence electrons. The normalized spacial score (nSPS) is 12.8. The summed E-state index contributed by atoms with van der Waals surface area (Å²) in [4.78, 5) is 0. The van der Waals surface area contributed by atoms with Gasteiger partial charge < -0.3 is 0 Å². The minimum atomic E-state index is 1.11. The first-order valence-corrected chi connectivity index (χ1v) is 7.01. The highest BCUT2D eigenvalue weighted by atomic mass is 13.9. The van der Waals surface area contributed by atoms with Gasteiger partial charge in [-0.15, -0.1) is 0 Å². The maximum absolute atomic E-state index is 2.27. The van der Waals surface area contributed by atoms with E-state index in [0.29, 0.717) is 0 Å². The van der Waals surface area contributed by atoms with Crippen molar-refractivity contribution in [3.05, 3.63) is 48.6 Å². The third-order valence-corrected chi connectivity index (χ3v) is 2.57. The summed E-state index contributed by atoms with van der Waals surface area (Å²) in [6, 6.07) is 0. The molecule has 0 saturated carbocycles. The van der Waals surface area contributed by atoms with Crippen LogP contribution in [0.3, 0.4) is 0 Å². The van der Waals surface area contributed by atoms with Gasteiger partial charge in [0.1, 0.15) is 0 Å². The molecule has 17 heavy (non-hydrogen) atoms. The maximum atomic E-state index is 2.27. The van der Waals surface area contributed by atoms with Crippen molar-refractivity contribution in [1.29, 1.82) is 0 Å². The summed E-state index contributed by atoms with van der Waals surface area (Å²) in [7, 11) is 0. The van der Waals surface area contributed by atoms with Crippen molar-refractivity contribution in [2.24, 2.45) is 0 Å². The predicted molar refractivity (Wildman–Crippen MR) is 80.2 cm³/mol. The second-order valence-corrected chi connectivity index (χ2v) is 4.21. The molecule has 0 bridgehead atoms. The summed E-state index contributed by atoms with van der Waals surface area (Å²) in [5.41, 5.74) is 0. The summed E-state index contributed by atoms with van der Waals surface area (Å²) >= 11 is 0. The van der Waals surface area contributed by atoms with Crippen LogP contribution in [0.4, 0.5) is 0 Å². The molecule has 0 aromatic rings. The fourth-order valence-electron chi connectivity index (χ4n) is 1.56. The molecular formula is C17H28. The van der Waals surface area contributed by atoms with Gasteiger partial charge in [-0.1, -0.05) is 68.4 Å². The number of hydrogen-bond acceptors (Lipinski definition) is 0. The molecule has 0 radical (unpaired) electrons. The first-order chi connectivity index (χ1) is 8.41. The van der Waals surface area contributed by atoms with E-state index >= 15 is 0 Å². The molecule has 0 aliphatic heterocycles. The Bertz CT molecular complexity index is 241. The van der Waals surface area contributed by atoms with Crippen molar-refractivity contribution in [2.75, 3.05) is 0 Å². The standard InChI is InChI=1S/C17H28/c1-3-5-7-9-11-13-15-17-16-14-12-10-8-6-4-2/h3,5-6,8,10,12,14,16H,4,7,9,11,13,15,17H2,1-2H3/b5-3+,8-6+,12-10+,16-14+. The molecule has 0 amide bonds. The zero-order valence-corrected chi connectivity index (χ0v) is 11.6. The monoisotopic (exact) mass is 232 g/mol. The van der Waals surface area contributed by atoms with E-state index in [1.54, 1.807) is 0 Å². The average molecular weight is 232 g/mol. The fraction of sp³-hybridized carbons (Fsp3) is 0.529. The van der Waals surface area contributed by atoms with Gasteiger partial charge in [-0.2, -0.15) is 0 Å². The van der Waals surface area contributed by atoms with Crippen LogP contribution in [0.2, 0.25) is 0 Å². The van der Waals surface area contributed by atoms with Crippen molar-refractivity contribution in [3.8, 4) is 0 Å². The van der Waals surface area contributed by atoms with E-state index in [2.05, 4.69) is 62.5 Å². The van der Waals surface area contributed by atoms with Crippen LogP contribution in [0.5, 0.6) is 0 Å². The number of allylic oxidation sites excluding steroid dienone is 8. The van der Waals surface area contributed by atoms with Crippen molar-refractivity contribution >= 4 is 0 Å². The Hall–Kier alpha value is -1.04. The van der Waals surface area contributed by atoms with Gasteiger partial charge in [0.2, 0.25) is 0 Å². The molecule has 0 aromatic carbocycles. The quantitative estimate of drug-likeness (QED) is 0.247. The molecule has 0 aliphatic carbocycles. The highest BCUT2D eigenvalue weighted by molar-refractivity contribution is 5.10. The van der Waals surface area contributed by atoms with Gasteiger partial charge in [-0.05, 0) is 39.0 Å². The van der Waals surface area contributed by atoms with E-state index in [-0.39, 0.29) is 0 Å². The summed E-state index contributed by atoms with van der Waals surface area (Å²) < 4.78 is 0. The highest BCUT2D eigenvalue weighted by Crippen LogP contribution is 2.06. The molecule has 0 rings (SSSR count). The minimum Gasteiger partial charge on any atom is -0.0917 e. The molecule has 0 aliphatic rings. The first-order valence-electron chi connectivity index (χ1n) is 7.01. The van der Waals surface area contributed by atoms with Crippen LogP contribution in [0.1, 0.15) is 58.8 Å². The van der Waals surface area contributed by atoms with Gasteiger partial charge in [0.05, 0.1) is 0 Å². The Labute approximate surface area is 108 Å². The molecule has 0 saturated heterocycles. The number of hydrogen-bond donors (Lipinski definition) is 0. The van der Waals surface area contributed by atoms with Crippen LogP contribution >= 0.6 is 0 Å². The highest BCUT2D eigenvalue weighted by Gasteiger charge is 1.86. The second kappa shape index (κ2) is 15.0. The van der Waals surface area contributed by atoms with Gasteiger partial charge in [0.15, 0.2) is 0 Å². The zero-order chi connectivity index (χ0) is 12.6. The Balaban J connectivity index is 3.24. The molecule has 0 heterocycles. The predicted octanol–water partition coefficient (Wildman–Crippen LogP) is 5.98. The lowest BCUT2D eigenvalue weighted by molar-refractivity contribution is 0.652. The van der Waals surface area contributed by atoms with E-state index in [4.69, 9.17) is 0 Å². The average Bonchev–Trinajstić information content (AvgIpc) is 2.35. The number of rotatable bonds is 10. The van der Waals surface area contributed by atoms with Crippen molar-refractivity contribution < 1.29 is 0 Å². The molecule has 0 N–H and O–H groups in total. The first kappa shape index (κ1) is 16.0. The smallest absolute Gasteiger partial charge is 0.0348 e. The molecule has 0 heteroatoms. The van der Waals surface area contributed by atoms with Gasteiger partial charge in [-0.25, -0.2) is 0 Å². The topological polar surface area (TPSA) is 0 Å². The van der Waals surface area contributed by atoms with Gasteiger partial charge in [-0.3, -0.25) is 0 Å². The molecular weight excluding hydrogens is 204 g/mol. The van der Waals surface area contributed by atoms with Gasteiger partial charge >= 0.3 is 0 Å². The van der Waals surface area contributed by atoms with Crippen molar-refractivity contribution in [2.45, 2.75) is 58.8 Å². The summed E-state index contributed by atoms with van der Waals surface area (Å²) in [6.07, 6.45) is 26.3. The lowest BCUT2D eigenvalue weighted by atomic mass is 10.1. The van der Waals surface area contributed by atoms with E-state index in [1.165, 1.54) is 38.5 Å². The molecule has 0 nitrogen and oxygen atoms in total. The van der Waals surface area contributed by atoms with Crippen LogP contribution in [0.25, 0.3) is 0 Å². The molecule has 0 spiro atoms. The maximum Gasteiger partial charge on any atom is -0.0348 e. The van der Waals surface area contributed by atoms with Gasteiger partial charge in [0.25, 0.3) is 0 Å². The van der Waals surface area contributed by atoms with Crippen LogP contribution in [0, 0.1) is 0 Å². The summed E-state index contributed by atoms with van der Waals surface area (Å²) in [6.45, 7) is 4.24. The third-order valence-electron chi connectivity index (χ3n) is 2.57. The van der Waals surface area contributed by atoms with Crippen molar-refractivity contribution in [3.63, 3.8) is 0 Å². The number of unbranched alkanes of at least 4 members (excludes halogenated alkanes) is 5. The lowest BCUT2D eigenvalue weighted by Gasteiger charge is -1.96. The van der Waals surface area contributed by atoms with Crippen LogP contribution in [0.15, 0.2) is 48.6 Å². The Kier molecular flexibility index (Phi) is 14.0. The molecule has 0 atom stereocenters. The zero-order valence-electron chi connectivity index (χ0n) is 11.6. The van der Waals surface area contributed by atoms with E-state index in [9.17, 15) is 0 Å². The van der Waals surface area contributed by atoms with E-state index in [0.717, 1.165) is 6.42 Å². The Morgan fingerprint density at radius 1 is 0.647 bits per heavy atom. The third kappa shape index (κ3) is 15.0. The summed E-state index contributed by atoms with van der Waals surface area (Å²) in [5, 5.41) is 0. The van der Waals surface area contributed by atoms with Crippen molar-refractivity contribution in [1.82, 2.24) is 0 Å². The SMILES string of the molecule is C/C=C/CCCCCC/C=C/C=C/C=C/CC. The molecule has 0 unspecified atom stereocenters. The van der Waals surface area contributed by atoms with E-state index in [1.807, 2.05) is 0 Å². The Morgan fingerprint density at radius 3 is 1.82 bits per heavy atom. The van der Waals surface area contributed by atoms with Crippen LogP contribution < -0.4 is 0 Å². The molecule has 0 fully saturated rings. The summed E-state index contributed by atoms with van der Waals surface area (Å²) in [5.74, 6) is 0. The molecule has 0 aromatic heterocycles. The fourth-order valence-corrected chi connectivity index (χ4v) is 1.56.